The Labute approximate surface area is 462 Å². The number of ether oxygens (including phenoxy) is 1. The first-order chi connectivity index (χ1) is 37.0. The molecule has 3 heterocycles. The van der Waals surface area contributed by atoms with Crippen LogP contribution < -0.4 is 19.8 Å². The van der Waals surface area contributed by atoms with Gasteiger partial charge in [0, 0.05) is 47.7 Å². The minimum absolute atomic E-state index is 0.0957. The normalized spacial score (nSPS) is 15.8. The van der Waals surface area contributed by atoms with Crippen LogP contribution in [0.1, 0.15) is 42.2 Å². The topological polar surface area (TPSA) is 214 Å². The second kappa shape index (κ2) is 25.0. The number of hydrogen-bond acceptors (Lipinski definition) is 15. The molecular weight excluding hydrogens is 1110 g/mol. The molecule has 1 aromatic heterocycles. The number of nitrogens with one attached hydrogen (secondary N) is 2. The molecule has 2 aliphatic rings. The standard InChI is InChI=1S/C54H63ClF3N6O10PS3/c1-3-64-37(2)50(53(66)74-32-33-75(67,68)69)51(52(64)38-12-14-40(55)15-13-38)39-8-7-9-44(34-39)63-30-28-62(29-31-63)43-18-16-41(17-19-43)60-78(72,73)47-20-21-48(49(35-47)77(70,71)54(56,57)58)59-42(36-76-46-10-5-4-6-11-46)22-25-61-26-23-45(65)24-27-61/h4-21,34-35,42,45,59-60,65,67-69,75H,3,22-33,36H2,1-2H3/t42-/m1/s1. The number of sulfone groups is 1. The zero-order valence-corrected chi connectivity index (χ0v) is 47.1. The van der Waals surface area contributed by atoms with Crippen LogP contribution in [0, 0.1) is 6.92 Å². The average Bonchev–Trinajstić information content (AvgIpc) is 3.84. The van der Waals surface area contributed by atoms with Gasteiger partial charge in [-0.25, -0.2) is 16.8 Å². The number of halogens is 4. The molecule has 0 unspecified atom stereocenters. The van der Waals surface area contributed by atoms with E-state index in [0.717, 1.165) is 45.2 Å². The van der Waals surface area contributed by atoms with E-state index in [4.69, 9.17) is 16.3 Å². The van der Waals surface area contributed by atoms with Gasteiger partial charge in [0.2, 0.25) is 0 Å². The van der Waals surface area contributed by atoms with Crippen molar-refractivity contribution in [2.24, 2.45) is 0 Å². The summed E-state index contributed by atoms with van der Waals surface area (Å²) < 4.78 is 107. The summed E-state index contributed by atoms with van der Waals surface area (Å²) >= 11 is 7.72. The summed E-state index contributed by atoms with van der Waals surface area (Å²) in [6.07, 6.45) is 0.710. The number of aliphatic hydroxyl groups is 1. The first kappa shape index (κ1) is 58.8. The molecule has 1 atom stereocenters. The van der Waals surface area contributed by atoms with Crippen LogP contribution in [0.4, 0.5) is 35.9 Å². The Hall–Kier alpha value is -5.39. The number of rotatable bonds is 21. The number of esters is 1. The van der Waals surface area contributed by atoms with E-state index in [9.17, 15) is 54.6 Å². The summed E-state index contributed by atoms with van der Waals surface area (Å²) in [5.41, 5.74) is -0.545. The number of piperazine rings is 1. The van der Waals surface area contributed by atoms with Gasteiger partial charge in [0.05, 0.1) is 16.7 Å². The number of hydrogen-bond donors (Lipinski definition) is 6. The molecule has 24 heteroatoms. The number of nitrogens with zero attached hydrogens (tertiary/aromatic N) is 4. The number of piperidine rings is 1. The Balaban J connectivity index is 0.971. The van der Waals surface area contributed by atoms with Crippen molar-refractivity contribution in [3.8, 4) is 22.4 Å². The molecule has 0 spiro atoms. The monoisotopic (exact) mass is 1170 g/mol. The van der Waals surface area contributed by atoms with Gasteiger partial charge in [0.25, 0.3) is 19.9 Å². The fraction of sp³-hybridized carbons (Fsp3) is 0.352. The van der Waals surface area contributed by atoms with Crippen LogP contribution in [-0.4, -0.2) is 134 Å². The Morgan fingerprint density at radius 2 is 1.47 bits per heavy atom. The number of sulfonamides is 1. The van der Waals surface area contributed by atoms with Gasteiger partial charge in [0.15, 0.2) is 0 Å². The first-order valence-electron chi connectivity index (χ1n) is 25.4. The number of anilines is 4. The number of benzene rings is 5. The molecule has 78 heavy (non-hydrogen) atoms. The molecule has 2 aliphatic heterocycles. The molecule has 0 bridgehead atoms. The van der Waals surface area contributed by atoms with Crippen molar-refractivity contribution in [3.05, 3.63) is 138 Å². The summed E-state index contributed by atoms with van der Waals surface area (Å²) in [5.74, 6) is -0.330. The number of likely N-dealkylation sites (tertiary alicyclic amines) is 1. The van der Waals surface area contributed by atoms with E-state index < -0.39 is 74.0 Å². The molecule has 0 aliphatic carbocycles. The Bertz CT molecular complexity index is 3270. The molecule has 0 radical (unpaired) electrons. The molecule has 6 N–H and O–H groups in total. The molecule has 16 nitrogen and oxygen atoms in total. The Kier molecular flexibility index (Phi) is 18.8. The van der Waals surface area contributed by atoms with Crippen LogP contribution in [0.5, 0.6) is 0 Å². The summed E-state index contributed by atoms with van der Waals surface area (Å²) in [4.78, 5) is 48.0. The third kappa shape index (κ3) is 14.3. The molecule has 0 amide bonds. The minimum atomic E-state index is -6.05. The third-order valence-corrected chi connectivity index (χ3v) is 19.1. The van der Waals surface area contributed by atoms with Gasteiger partial charge in [-0.1, -0.05) is 18.2 Å². The van der Waals surface area contributed by atoms with E-state index >= 15 is 0 Å². The number of aromatic nitrogens is 1. The number of thioether (sulfide) groups is 1. The molecular formula is C54H63ClF3N6O10PS3. The molecule has 6 aromatic rings. The van der Waals surface area contributed by atoms with Crippen LogP contribution in [0.15, 0.2) is 136 Å². The van der Waals surface area contributed by atoms with E-state index in [1.54, 1.807) is 24.3 Å². The maximum absolute atomic E-state index is 14.3. The van der Waals surface area contributed by atoms with Crippen molar-refractivity contribution in [1.29, 1.82) is 0 Å². The van der Waals surface area contributed by atoms with Crippen molar-refractivity contribution in [2.45, 2.75) is 72.0 Å². The van der Waals surface area contributed by atoms with E-state index in [-0.39, 0.29) is 11.4 Å². The molecule has 5 aromatic carbocycles. The van der Waals surface area contributed by atoms with Crippen molar-refractivity contribution >= 4 is 79.9 Å². The number of alkyl halides is 3. The molecule has 8 rings (SSSR count). The maximum atomic E-state index is 14.3. The molecule has 2 fully saturated rings. The second-order valence-electron chi connectivity index (χ2n) is 19.2. The third-order valence-electron chi connectivity index (χ3n) is 13.9. The zero-order valence-electron chi connectivity index (χ0n) is 42.9. The number of carbonyl (C=O) groups is 1. The fourth-order valence-electron chi connectivity index (χ4n) is 9.71. The van der Waals surface area contributed by atoms with Crippen LogP contribution >= 0.6 is 31.3 Å². The van der Waals surface area contributed by atoms with E-state index in [2.05, 4.69) is 24.7 Å². The molecule has 420 valence electrons. The predicted octanol–water partition coefficient (Wildman–Crippen LogP) is 9.27. The SMILES string of the molecule is CCn1c(C)c(C(=O)OCC[PH](O)(O)O)c(-c2cccc(N3CCN(c4ccc(NS(=O)(=O)c5ccc(N[C@H](CCN6CCC(O)CC6)CSc6ccccc6)c(S(=O)(=O)C(F)(F)F)c5)cc4)CC3)c2)c1-c1ccc(Cl)cc1. The Morgan fingerprint density at radius 3 is 2.10 bits per heavy atom. The fourth-order valence-corrected chi connectivity index (χ4v) is 13.3. The van der Waals surface area contributed by atoms with Crippen molar-refractivity contribution in [3.63, 3.8) is 0 Å². The molecule has 0 saturated carbocycles. The summed E-state index contributed by atoms with van der Waals surface area (Å²) in [6, 6.07) is 33.0. The number of aliphatic hydroxyl groups excluding tert-OH is 1. The predicted molar refractivity (Wildman–Crippen MR) is 303 cm³/mol. The van der Waals surface area contributed by atoms with Crippen LogP contribution in [0.3, 0.4) is 0 Å². The van der Waals surface area contributed by atoms with E-state index in [1.807, 2.05) is 85.1 Å². The van der Waals surface area contributed by atoms with Gasteiger partial charge in [-0.15, -0.1) is 11.8 Å². The van der Waals surface area contributed by atoms with Gasteiger partial charge in [0.1, 0.15) is 4.90 Å². The molecule has 2 saturated heterocycles. The van der Waals surface area contributed by atoms with Gasteiger partial charge in [-0.05, 0) is 73.9 Å². The van der Waals surface area contributed by atoms with E-state index in [0.29, 0.717) is 105 Å². The van der Waals surface area contributed by atoms with Crippen LogP contribution in [0.25, 0.3) is 22.4 Å². The zero-order chi connectivity index (χ0) is 56.0. The van der Waals surface area contributed by atoms with Crippen LogP contribution in [-0.2, 0) is 31.1 Å². The van der Waals surface area contributed by atoms with Crippen molar-refractivity contribution in [1.82, 2.24) is 9.47 Å². The van der Waals surface area contributed by atoms with Crippen molar-refractivity contribution in [2.75, 3.05) is 84.2 Å². The van der Waals surface area contributed by atoms with Gasteiger partial charge < -0.3 is 20.2 Å². The van der Waals surface area contributed by atoms with Gasteiger partial charge >= 0.3 is 217 Å². The van der Waals surface area contributed by atoms with E-state index in [1.165, 1.54) is 23.9 Å². The quantitative estimate of drug-likeness (QED) is 0.0225. The van der Waals surface area contributed by atoms with Gasteiger partial charge in [-0.2, -0.15) is 13.2 Å². The summed E-state index contributed by atoms with van der Waals surface area (Å²) in [5, 5.41) is 13.6. The summed E-state index contributed by atoms with van der Waals surface area (Å²) in [6.45, 7) is 7.96. The average molecular weight is 1180 g/mol. The number of carbonyl (C=O) groups excluding carboxylic acids is 1. The summed E-state index contributed by atoms with van der Waals surface area (Å²) in [7, 11) is -15.1. The first-order valence-corrected chi connectivity index (χ1v) is 31.8. The van der Waals surface area contributed by atoms with Crippen molar-refractivity contribution < 1.29 is 59.3 Å². The van der Waals surface area contributed by atoms with Gasteiger partial charge in [-0.3, -0.25) is 4.72 Å². The second-order valence-corrected chi connectivity index (χ2v) is 26.4. The van der Waals surface area contributed by atoms with Crippen LogP contribution in [0.2, 0.25) is 5.02 Å². The Morgan fingerprint density at radius 1 is 0.821 bits per heavy atom.